The summed E-state index contributed by atoms with van der Waals surface area (Å²) in [5, 5.41) is 6.48. The second kappa shape index (κ2) is 6.74. The molecule has 0 aliphatic carbocycles. The van der Waals surface area contributed by atoms with E-state index in [1.165, 1.54) is 0 Å². The predicted octanol–water partition coefficient (Wildman–Crippen LogP) is 3.71. The first-order chi connectivity index (χ1) is 9.97. The Labute approximate surface area is 132 Å². The van der Waals surface area contributed by atoms with E-state index >= 15 is 0 Å². The average molecular weight is 323 g/mol. The number of rotatable bonds is 5. The monoisotopic (exact) mass is 322 g/mol. The normalized spacial score (nSPS) is 11.6. The van der Waals surface area contributed by atoms with Gasteiger partial charge in [0.25, 0.3) is 5.91 Å². The number of nitrogens with zero attached hydrogens (tertiary/aromatic N) is 1. The molecule has 0 unspecified atom stereocenters. The van der Waals surface area contributed by atoms with Crippen molar-refractivity contribution in [2.75, 3.05) is 0 Å². The van der Waals surface area contributed by atoms with Gasteiger partial charge in [-0.1, -0.05) is 17.7 Å². The number of hydrogen-bond donors (Lipinski definition) is 1. The molecular weight excluding hydrogens is 308 g/mol. The summed E-state index contributed by atoms with van der Waals surface area (Å²) in [6.45, 7) is 3.36. The molecule has 110 valence electrons. The largest absolute Gasteiger partial charge is 0.478 e. The van der Waals surface area contributed by atoms with Crippen LogP contribution in [0, 0.1) is 0 Å². The van der Waals surface area contributed by atoms with E-state index in [0.29, 0.717) is 10.8 Å². The summed E-state index contributed by atoms with van der Waals surface area (Å²) in [7, 11) is 0. The minimum absolute atomic E-state index is 0.328. The highest BCUT2D eigenvalue weighted by atomic mass is 35.5. The SMILES string of the molecule is CC(C)(Oc1ccc(Cl)cc1)C(=O)NN=Cc1cccs1. The number of amides is 1. The highest BCUT2D eigenvalue weighted by Crippen LogP contribution is 2.21. The Hall–Kier alpha value is -1.85. The summed E-state index contributed by atoms with van der Waals surface area (Å²) in [5.41, 5.74) is 1.44. The molecule has 0 saturated carbocycles. The van der Waals surface area contributed by atoms with Gasteiger partial charge in [0.1, 0.15) is 5.75 Å². The Bertz CT molecular complexity index is 622. The molecule has 1 aromatic carbocycles. The van der Waals surface area contributed by atoms with Gasteiger partial charge in [0.2, 0.25) is 0 Å². The van der Waals surface area contributed by atoms with E-state index in [1.54, 1.807) is 55.7 Å². The van der Waals surface area contributed by atoms with Crippen LogP contribution in [0.2, 0.25) is 5.02 Å². The van der Waals surface area contributed by atoms with Crippen LogP contribution in [0.4, 0.5) is 0 Å². The zero-order chi connectivity index (χ0) is 15.3. The Balaban J connectivity index is 1.94. The molecule has 0 fully saturated rings. The number of nitrogens with one attached hydrogen (secondary N) is 1. The van der Waals surface area contributed by atoms with Crippen molar-refractivity contribution in [2.45, 2.75) is 19.4 Å². The predicted molar refractivity (Wildman–Crippen MR) is 86.2 cm³/mol. The summed E-state index contributed by atoms with van der Waals surface area (Å²) < 4.78 is 5.66. The number of benzene rings is 1. The summed E-state index contributed by atoms with van der Waals surface area (Å²) >= 11 is 7.35. The van der Waals surface area contributed by atoms with Crippen LogP contribution in [0.25, 0.3) is 0 Å². The van der Waals surface area contributed by atoms with Crippen molar-refractivity contribution >= 4 is 35.1 Å². The lowest BCUT2D eigenvalue weighted by Crippen LogP contribution is -2.44. The van der Waals surface area contributed by atoms with E-state index in [4.69, 9.17) is 16.3 Å². The summed E-state index contributed by atoms with van der Waals surface area (Å²) in [4.78, 5) is 13.1. The average Bonchev–Trinajstić information content (AvgIpc) is 2.94. The molecule has 0 bridgehead atoms. The quantitative estimate of drug-likeness (QED) is 0.674. The molecule has 0 aliphatic rings. The number of carbonyl (C=O) groups excluding carboxylic acids is 1. The lowest BCUT2D eigenvalue weighted by molar-refractivity contribution is -0.134. The van der Waals surface area contributed by atoms with Gasteiger partial charge in [0, 0.05) is 9.90 Å². The van der Waals surface area contributed by atoms with Gasteiger partial charge in [-0.15, -0.1) is 11.3 Å². The molecule has 4 nitrogen and oxygen atoms in total. The van der Waals surface area contributed by atoms with Gasteiger partial charge in [-0.3, -0.25) is 4.79 Å². The second-order valence-corrected chi connectivity index (χ2v) is 6.20. The molecule has 1 amide bonds. The van der Waals surface area contributed by atoms with Crippen LogP contribution >= 0.6 is 22.9 Å². The maximum atomic E-state index is 12.1. The van der Waals surface area contributed by atoms with Crippen LogP contribution < -0.4 is 10.2 Å². The maximum absolute atomic E-state index is 12.1. The topological polar surface area (TPSA) is 50.7 Å². The van der Waals surface area contributed by atoms with Crippen molar-refractivity contribution in [3.05, 3.63) is 51.7 Å². The Morgan fingerprint density at radius 1 is 1.33 bits per heavy atom. The first kappa shape index (κ1) is 15.5. The van der Waals surface area contributed by atoms with Crippen LogP contribution in [0.3, 0.4) is 0 Å². The third-order valence-electron chi connectivity index (χ3n) is 2.63. The van der Waals surface area contributed by atoms with E-state index in [-0.39, 0.29) is 5.91 Å². The van der Waals surface area contributed by atoms with Gasteiger partial charge >= 0.3 is 0 Å². The standard InChI is InChI=1S/C15H15ClN2O2S/c1-15(2,20-12-7-5-11(16)6-8-12)14(19)18-17-10-13-4-3-9-21-13/h3-10H,1-2H3,(H,18,19). The Morgan fingerprint density at radius 2 is 2.05 bits per heavy atom. The molecule has 0 aliphatic heterocycles. The molecule has 0 spiro atoms. The molecule has 1 heterocycles. The summed E-state index contributed by atoms with van der Waals surface area (Å²) in [5.74, 6) is 0.243. The number of hydrazone groups is 1. The van der Waals surface area contributed by atoms with E-state index in [2.05, 4.69) is 10.5 Å². The third kappa shape index (κ3) is 4.58. The van der Waals surface area contributed by atoms with Gasteiger partial charge in [-0.2, -0.15) is 5.10 Å². The van der Waals surface area contributed by atoms with Crippen molar-refractivity contribution in [1.29, 1.82) is 0 Å². The molecule has 1 aromatic heterocycles. The molecule has 0 atom stereocenters. The number of ether oxygens (including phenoxy) is 1. The fourth-order valence-corrected chi connectivity index (χ4v) is 2.21. The van der Waals surface area contributed by atoms with E-state index in [1.807, 2.05) is 17.5 Å². The molecule has 6 heteroatoms. The molecule has 21 heavy (non-hydrogen) atoms. The van der Waals surface area contributed by atoms with Gasteiger partial charge in [-0.05, 0) is 49.6 Å². The first-order valence-electron chi connectivity index (χ1n) is 6.29. The third-order valence-corrected chi connectivity index (χ3v) is 3.69. The van der Waals surface area contributed by atoms with Crippen molar-refractivity contribution in [3.63, 3.8) is 0 Å². The van der Waals surface area contributed by atoms with Gasteiger partial charge in [-0.25, -0.2) is 5.43 Å². The second-order valence-electron chi connectivity index (χ2n) is 4.78. The highest BCUT2D eigenvalue weighted by molar-refractivity contribution is 7.11. The maximum Gasteiger partial charge on any atom is 0.283 e. The Kier molecular flexibility index (Phi) is 4.98. The zero-order valence-electron chi connectivity index (χ0n) is 11.7. The van der Waals surface area contributed by atoms with Crippen LogP contribution in [-0.2, 0) is 4.79 Å². The van der Waals surface area contributed by atoms with Crippen LogP contribution in [0.1, 0.15) is 18.7 Å². The van der Waals surface area contributed by atoms with E-state index < -0.39 is 5.60 Å². The van der Waals surface area contributed by atoms with E-state index in [0.717, 1.165) is 4.88 Å². The number of hydrogen-bond acceptors (Lipinski definition) is 4. The van der Waals surface area contributed by atoms with Gasteiger partial charge in [0.15, 0.2) is 5.60 Å². The summed E-state index contributed by atoms with van der Waals surface area (Å²) in [6.07, 6.45) is 1.60. The lowest BCUT2D eigenvalue weighted by Gasteiger charge is -2.24. The van der Waals surface area contributed by atoms with Crippen molar-refractivity contribution in [1.82, 2.24) is 5.43 Å². The molecule has 0 saturated heterocycles. The number of carbonyl (C=O) groups is 1. The van der Waals surface area contributed by atoms with E-state index in [9.17, 15) is 4.79 Å². The smallest absolute Gasteiger partial charge is 0.283 e. The van der Waals surface area contributed by atoms with Crippen LogP contribution in [0.5, 0.6) is 5.75 Å². The van der Waals surface area contributed by atoms with Crippen LogP contribution in [0.15, 0.2) is 46.9 Å². The zero-order valence-corrected chi connectivity index (χ0v) is 13.2. The lowest BCUT2D eigenvalue weighted by atomic mass is 10.1. The molecule has 1 N–H and O–H groups in total. The summed E-state index contributed by atoms with van der Waals surface area (Å²) in [6, 6.07) is 10.7. The minimum atomic E-state index is -1.04. The minimum Gasteiger partial charge on any atom is -0.478 e. The van der Waals surface area contributed by atoms with Crippen LogP contribution in [-0.4, -0.2) is 17.7 Å². The fraction of sp³-hybridized carbons (Fsp3) is 0.200. The number of halogens is 1. The number of thiophene rings is 1. The van der Waals surface area contributed by atoms with Crippen molar-refractivity contribution in [2.24, 2.45) is 5.10 Å². The van der Waals surface area contributed by atoms with Crippen molar-refractivity contribution in [3.8, 4) is 5.75 Å². The Morgan fingerprint density at radius 3 is 2.67 bits per heavy atom. The molecule has 2 rings (SSSR count). The molecular formula is C15H15ClN2O2S. The first-order valence-corrected chi connectivity index (χ1v) is 7.55. The molecule has 2 aromatic rings. The molecule has 0 radical (unpaired) electrons. The van der Waals surface area contributed by atoms with Gasteiger partial charge in [0.05, 0.1) is 6.21 Å². The highest BCUT2D eigenvalue weighted by Gasteiger charge is 2.29. The fourth-order valence-electron chi connectivity index (χ4n) is 1.50. The van der Waals surface area contributed by atoms with Gasteiger partial charge < -0.3 is 4.74 Å². The van der Waals surface area contributed by atoms with Crippen molar-refractivity contribution < 1.29 is 9.53 Å².